The quantitative estimate of drug-likeness (QED) is 0.525. The minimum Gasteiger partial charge on any atom is -0.255 e. The van der Waals surface area contributed by atoms with Gasteiger partial charge in [0.1, 0.15) is 6.10 Å². The summed E-state index contributed by atoms with van der Waals surface area (Å²) < 4.78 is 81.4. The molecule has 1 atom stereocenters. The number of hydrogen-bond acceptors (Lipinski definition) is 5. The van der Waals surface area contributed by atoms with E-state index >= 15 is 0 Å². The minimum absolute atomic E-state index is 0.615. The normalized spacial score (nSPS) is 25.7. The van der Waals surface area contributed by atoms with Crippen LogP contribution in [0.4, 0.5) is 13.2 Å². The van der Waals surface area contributed by atoms with Gasteiger partial charge in [0.15, 0.2) is 9.84 Å². The Labute approximate surface area is 83.6 Å². The number of halogens is 3. The van der Waals surface area contributed by atoms with E-state index in [4.69, 9.17) is 0 Å². The predicted molar refractivity (Wildman–Crippen MR) is 42.8 cm³/mol. The molecule has 0 amide bonds. The third-order valence-electron chi connectivity index (χ3n) is 1.43. The van der Waals surface area contributed by atoms with E-state index in [0.717, 1.165) is 6.08 Å². The van der Waals surface area contributed by atoms with Crippen molar-refractivity contribution < 1.29 is 34.2 Å². The molecule has 10 heteroatoms. The lowest BCUT2D eigenvalue weighted by Crippen LogP contribution is -2.30. The first kappa shape index (κ1) is 12.5. The molecule has 0 aromatic carbocycles. The predicted octanol–water partition coefficient (Wildman–Crippen LogP) is 0.163. The van der Waals surface area contributed by atoms with E-state index in [2.05, 4.69) is 4.18 Å². The van der Waals surface area contributed by atoms with E-state index in [9.17, 15) is 30.0 Å². The Morgan fingerprint density at radius 2 is 1.87 bits per heavy atom. The van der Waals surface area contributed by atoms with Crippen LogP contribution in [-0.2, 0) is 24.1 Å². The molecule has 0 radical (unpaired) electrons. The van der Waals surface area contributed by atoms with Gasteiger partial charge in [0.05, 0.1) is 5.75 Å². The van der Waals surface area contributed by atoms with Gasteiger partial charge in [-0.25, -0.2) is 8.42 Å². The molecule has 5 nitrogen and oxygen atoms in total. The highest BCUT2D eigenvalue weighted by molar-refractivity contribution is 7.94. The zero-order chi connectivity index (χ0) is 11.9. The van der Waals surface area contributed by atoms with Crippen LogP contribution < -0.4 is 0 Å². The standard InChI is InChI=1S/C5H5F3O5S2/c6-5(7,8)15(11,12)13-4-1-2-14(9,10)3-4/h1-2,4H,3H2. The molecule has 0 aliphatic carbocycles. The summed E-state index contributed by atoms with van der Waals surface area (Å²) in [6, 6.07) is 0. The van der Waals surface area contributed by atoms with Crippen molar-refractivity contribution in [3.8, 4) is 0 Å². The highest BCUT2D eigenvalue weighted by Crippen LogP contribution is 2.27. The Morgan fingerprint density at radius 1 is 1.33 bits per heavy atom. The first-order chi connectivity index (χ1) is 6.54. The second kappa shape index (κ2) is 3.46. The SMILES string of the molecule is O=S1(=O)C=CC(OS(=O)(=O)C(F)(F)F)C1. The summed E-state index contributed by atoms with van der Waals surface area (Å²) in [5.74, 6) is -0.803. The molecule has 0 aromatic rings. The van der Waals surface area contributed by atoms with E-state index in [-0.39, 0.29) is 0 Å². The third kappa shape index (κ3) is 2.92. The summed E-state index contributed by atoms with van der Waals surface area (Å²) in [5.41, 5.74) is -5.55. The van der Waals surface area contributed by atoms with Gasteiger partial charge < -0.3 is 0 Å². The fraction of sp³-hybridized carbons (Fsp3) is 0.600. The van der Waals surface area contributed by atoms with Crippen LogP contribution in [-0.4, -0.2) is 34.2 Å². The molecule has 1 aliphatic rings. The zero-order valence-corrected chi connectivity index (χ0v) is 8.56. The van der Waals surface area contributed by atoms with Gasteiger partial charge in [-0.3, -0.25) is 4.18 Å². The maximum absolute atomic E-state index is 11.8. The summed E-state index contributed by atoms with van der Waals surface area (Å²) in [5, 5.41) is 0.615. The molecule has 0 spiro atoms. The fourth-order valence-corrected chi connectivity index (χ4v) is 2.64. The Hall–Kier alpha value is -0.610. The second-order valence-electron chi connectivity index (χ2n) is 2.69. The summed E-state index contributed by atoms with van der Waals surface area (Å²) in [7, 11) is -9.40. The smallest absolute Gasteiger partial charge is 0.255 e. The topological polar surface area (TPSA) is 77.5 Å². The number of hydrogen-bond donors (Lipinski definition) is 0. The van der Waals surface area contributed by atoms with E-state index in [1.54, 1.807) is 0 Å². The van der Waals surface area contributed by atoms with Crippen LogP contribution in [0.2, 0.25) is 0 Å². The summed E-state index contributed by atoms with van der Waals surface area (Å²) in [4.78, 5) is 0. The highest BCUT2D eigenvalue weighted by Gasteiger charge is 2.49. The van der Waals surface area contributed by atoms with Crippen LogP contribution in [0.25, 0.3) is 0 Å². The monoisotopic (exact) mass is 266 g/mol. The largest absolute Gasteiger partial charge is 0.523 e. The first-order valence-corrected chi connectivity index (χ1v) is 6.56. The summed E-state index contributed by atoms with van der Waals surface area (Å²) >= 11 is 0. The van der Waals surface area contributed by atoms with Crippen molar-refractivity contribution in [2.24, 2.45) is 0 Å². The molecule has 0 fully saturated rings. The molecule has 1 unspecified atom stereocenters. The highest BCUT2D eigenvalue weighted by atomic mass is 32.2. The number of sulfone groups is 1. The Morgan fingerprint density at radius 3 is 2.20 bits per heavy atom. The molecule has 1 aliphatic heterocycles. The van der Waals surface area contributed by atoms with Crippen molar-refractivity contribution in [1.82, 2.24) is 0 Å². The van der Waals surface area contributed by atoms with E-state index < -0.39 is 37.3 Å². The molecule has 0 N–H and O–H groups in total. The third-order valence-corrected chi connectivity index (χ3v) is 3.86. The summed E-state index contributed by atoms with van der Waals surface area (Å²) in [6.07, 6.45) is -0.861. The molecule has 0 bridgehead atoms. The lowest BCUT2D eigenvalue weighted by molar-refractivity contribution is -0.0554. The van der Waals surface area contributed by atoms with Gasteiger partial charge in [-0.2, -0.15) is 21.6 Å². The van der Waals surface area contributed by atoms with Crippen molar-refractivity contribution in [2.75, 3.05) is 5.75 Å². The molecule has 0 aromatic heterocycles. The average Bonchev–Trinajstić information content (AvgIpc) is 2.26. The van der Waals surface area contributed by atoms with E-state index in [1.807, 2.05) is 0 Å². The molecule has 15 heavy (non-hydrogen) atoms. The zero-order valence-electron chi connectivity index (χ0n) is 6.93. The summed E-state index contributed by atoms with van der Waals surface area (Å²) in [6.45, 7) is 0. The van der Waals surface area contributed by atoms with E-state index in [1.165, 1.54) is 0 Å². The van der Waals surface area contributed by atoms with Crippen LogP contribution >= 0.6 is 0 Å². The second-order valence-corrected chi connectivity index (χ2v) is 6.19. The van der Waals surface area contributed by atoms with Crippen LogP contribution in [0, 0.1) is 0 Å². The van der Waals surface area contributed by atoms with Crippen molar-refractivity contribution in [3.05, 3.63) is 11.5 Å². The Balaban J connectivity index is 2.80. The van der Waals surface area contributed by atoms with Crippen molar-refractivity contribution >= 4 is 20.0 Å². The molecule has 0 saturated carbocycles. The lowest BCUT2D eigenvalue weighted by atomic mass is 10.4. The molecular formula is C5H5F3O5S2. The van der Waals surface area contributed by atoms with Gasteiger partial charge in [0, 0.05) is 5.41 Å². The van der Waals surface area contributed by atoms with Crippen LogP contribution in [0.5, 0.6) is 0 Å². The van der Waals surface area contributed by atoms with Crippen molar-refractivity contribution in [1.29, 1.82) is 0 Å². The van der Waals surface area contributed by atoms with Gasteiger partial charge in [-0.05, 0) is 6.08 Å². The van der Waals surface area contributed by atoms with Crippen molar-refractivity contribution in [2.45, 2.75) is 11.6 Å². The number of rotatable bonds is 2. The van der Waals surface area contributed by atoms with Gasteiger partial charge in [-0.1, -0.05) is 0 Å². The molecule has 1 rings (SSSR count). The first-order valence-electron chi connectivity index (χ1n) is 3.44. The van der Waals surface area contributed by atoms with Crippen LogP contribution in [0.3, 0.4) is 0 Å². The van der Waals surface area contributed by atoms with E-state index in [0.29, 0.717) is 5.41 Å². The van der Waals surface area contributed by atoms with Gasteiger partial charge in [0.2, 0.25) is 0 Å². The Kier molecular flexibility index (Phi) is 2.87. The van der Waals surface area contributed by atoms with Crippen LogP contribution in [0.15, 0.2) is 11.5 Å². The number of alkyl halides is 3. The van der Waals surface area contributed by atoms with Gasteiger partial charge in [-0.15, -0.1) is 0 Å². The molecule has 1 heterocycles. The maximum Gasteiger partial charge on any atom is 0.523 e. The van der Waals surface area contributed by atoms with Gasteiger partial charge >= 0.3 is 15.6 Å². The minimum atomic E-state index is -5.75. The van der Waals surface area contributed by atoms with Gasteiger partial charge in [0.25, 0.3) is 0 Å². The molecule has 0 saturated heterocycles. The van der Waals surface area contributed by atoms with Crippen LogP contribution in [0.1, 0.15) is 0 Å². The lowest BCUT2D eigenvalue weighted by Gasteiger charge is -2.11. The average molecular weight is 266 g/mol. The Bertz CT molecular complexity index is 471. The fourth-order valence-electron chi connectivity index (χ4n) is 0.825. The molecular weight excluding hydrogens is 261 g/mol. The molecule has 88 valence electrons. The maximum atomic E-state index is 11.8. The van der Waals surface area contributed by atoms with Crippen molar-refractivity contribution in [3.63, 3.8) is 0 Å².